The summed E-state index contributed by atoms with van der Waals surface area (Å²) in [4.78, 5) is 12.7. The summed E-state index contributed by atoms with van der Waals surface area (Å²) in [5.74, 6) is -0.433. The maximum atomic E-state index is 13.2. The number of nitrogens with one attached hydrogen (secondary N) is 1. The molecule has 0 bridgehead atoms. The zero-order valence-electron chi connectivity index (χ0n) is 15.7. The van der Waals surface area contributed by atoms with Gasteiger partial charge in [0.2, 0.25) is 5.13 Å². The first kappa shape index (κ1) is 20.3. The molecule has 1 amide bonds. The first-order valence-corrected chi connectivity index (χ1v) is 10.5. The number of amides is 1. The summed E-state index contributed by atoms with van der Waals surface area (Å²) in [6.45, 7) is 6.54. The Morgan fingerprint density at radius 2 is 2.07 bits per heavy atom. The molecule has 148 valence electrons. The highest BCUT2D eigenvalue weighted by Gasteiger charge is 2.21. The summed E-state index contributed by atoms with van der Waals surface area (Å²) < 4.78 is 21.1. The topological polar surface area (TPSA) is 81.9 Å². The normalized spacial score (nSPS) is 11.0. The van der Waals surface area contributed by atoms with Crippen molar-refractivity contribution in [3.63, 3.8) is 0 Å². The van der Waals surface area contributed by atoms with Gasteiger partial charge in [0.05, 0.1) is 18.5 Å². The fraction of sp³-hybridized carbons (Fsp3) is 0.333. The van der Waals surface area contributed by atoms with Crippen LogP contribution in [0.4, 0.5) is 9.52 Å². The predicted molar refractivity (Wildman–Crippen MR) is 108 cm³/mol. The van der Waals surface area contributed by atoms with E-state index < -0.39 is 5.91 Å². The van der Waals surface area contributed by atoms with Gasteiger partial charge in [0, 0.05) is 5.25 Å². The van der Waals surface area contributed by atoms with Crippen LogP contribution in [-0.4, -0.2) is 37.7 Å². The molecule has 0 aliphatic rings. The third-order valence-electron chi connectivity index (χ3n) is 3.41. The van der Waals surface area contributed by atoms with Crippen molar-refractivity contribution in [2.45, 2.75) is 36.8 Å². The Balaban J connectivity index is 1.83. The molecule has 0 aliphatic heterocycles. The van der Waals surface area contributed by atoms with Crippen molar-refractivity contribution in [3.05, 3.63) is 42.0 Å². The average molecular weight is 422 g/mol. The van der Waals surface area contributed by atoms with Gasteiger partial charge in [-0.3, -0.25) is 10.1 Å². The Kier molecular flexibility index (Phi) is 6.63. The number of nitrogens with zero attached hydrogens (tertiary/aromatic N) is 4. The molecule has 2 aromatic heterocycles. The molecule has 0 spiro atoms. The van der Waals surface area contributed by atoms with Crippen LogP contribution in [0.3, 0.4) is 0 Å². The van der Waals surface area contributed by atoms with Crippen LogP contribution in [0.25, 0.3) is 5.69 Å². The fourth-order valence-electron chi connectivity index (χ4n) is 2.23. The standard InChI is InChI=1S/C18H20FN5O2S2/c1-4-9-26-14-10-24(13-7-5-12(19)6-8-13)23-15(14)16(25)20-17-21-22-18(28-17)27-11(2)3/h5-8,10-11H,4,9H2,1-3H3,(H,20,21,25). The van der Waals surface area contributed by atoms with Crippen LogP contribution < -0.4 is 10.1 Å². The number of anilines is 1. The van der Waals surface area contributed by atoms with Gasteiger partial charge in [0.1, 0.15) is 5.82 Å². The third kappa shape index (κ3) is 5.08. The van der Waals surface area contributed by atoms with Gasteiger partial charge in [-0.25, -0.2) is 9.07 Å². The lowest BCUT2D eigenvalue weighted by Crippen LogP contribution is -2.14. The minimum Gasteiger partial charge on any atom is -0.489 e. The van der Waals surface area contributed by atoms with Crippen LogP contribution in [0.1, 0.15) is 37.7 Å². The van der Waals surface area contributed by atoms with Crippen LogP contribution in [0.5, 0.6) is 5.75 Å². The van der Waals surface area contributed by atoms with Gasteiger partial charge in [-0.1, -0.05) is 43.9 Å². The van der Waals surface area contributed by atoms with Gasteiger partial charge in [-0.05, 0) is 30.7 Å². The van der Waals surface area contributed by atoms with Gasteiger partial charge in [-0.2, -0.15) is 5.10 Å². The van der Waals surface area contributed by atoms with Gasteiger partial charge >= 0.3 is 0 Å². The molecule has 0 radical (unpaired) electrons. The van der Waals surface area contributed by atoms with E-state index in [2.05, 4.69) is 34.5 Å². The number of aromatic nitrogens is 4. The lowest BCUT2D eigenvalue weighted by molar-refractivity contribution is 0.101. The molecule has 3 rings (SSSR count). The Morgan fingerprint density at radius 3 is 2.75 bits per heavy atom. The molecule has 0 saturated heterocycles. The molecule has 10 heteroatoms. The van der Waals surface area contributed by atoms with E-state index in [1.807, 2.05) is 6.92 Å². The van der Waals surface area contributed by atoms with E-state index in [9.17, 15) is 9.18 Å². The first-order chi connectivity index (χ1) is 13.5. The van der Waals surface area contributed by atoms with Crippen molar-refractivity contribution in [1.82, 2.24) is 20.0 Å². The number of thioether (sulfide) groups is 1. The van der Waals surface area contributed by atoms with Crippen LogP contribution in [-0.2, 0) is 0 Å². The highest BCUT2D eigenvalue weighted by molar-refractivity contribution is 8.01. The molecule has 0 saturated carbocycles. The lowest BCUT2D eigenvalue weighted by Gasteiger charge is -2.03. The highest BCUT2D eigenvalue weighted by atomic mass is 32.2. The molecule has 3 aromatic rings. The number of carbonyl (C=O) groups excluding carboxylic acids is 1. The second-order valence-corrected chi connectivity index (χ2v) is 8.91. The molecule has 0 fully saturated rings. The summed E-state index contributed by atoms with van der Waals surface area (Å²) in [6, 6.07) is 5.82. The summed E-state index contributed by atoms with van der Waals surface area (Å²) in [7, 11) is 0. The molecule has 0 atom stereocenters. The summed E-state index contributed by atoms with van der Waals surface area (Å²) in [6.07, 6.45) is 2.40. The summed E-state index contributed by atoms with van der Waals surface area (Å²) in [5.41, 5.74) is 0.749. The Labute approximate surface area is 170 Å². The van der Waals surface area contributed by atoms with Gasteiger partial charge in [0.25, 0.3) is 5.91 Å². The second kappa shape index (κ2) is 9.16. The van der Waals surface area contributed by atoms with Crippen molar-refractivity contribution in [1.29, 1.82) is 0 Å². The molecule has 1 N–H and O–H groups in total. The summed E-state index contributed by atoms with van der Waals surface area (Å²) in [5, 5.41) is 15.9. The number of halogens is 1. The van der Waals surface area contributed by atoms with E-state index >= 15 is 0 Å². The minimum atomic E-state index is -0.441. The van der Waals surface area contributed by atoms with Crippen molar-refractivity contribution in [3.8, 4) is 11.4 Å². The van der Waals surface area contributed by atoms with Gasteiger partial charge in [0.15, 0.2) is 15.8 Å². The van der Waals surface area contributed by atoms with Crippen LogP contribution >= 0.6 is 23.1 Å². The van der Waals surface area contributed by atoms with E-state index in [1.54, 1.807) is 30.1 Å². The second-order valence-electron chi connectivity index (χ2n) is 6.11. The smallest absolute Gasteiger partial charge is 0.281 e. The van der Waals surface area contributed by atoms with Crippen LogP contribution in [0.2, 0.25) is 0 Å². The van der Waals surface area contributed by atoms with E-state index in [-0.39, 0.29) is 11.5 Å². The fourth-order valence-corrected chi connectivity index (χ4v) is 4.20. The minimum absolute atomic E-state index is 0.131. The number of rotatable bonds is 8. The number of benzene rings is 1. The van der Waals surface area contributed by atoms with Crippen molar-refractivity contribution in [2.75, 3.05) is 11.9 Å². The molecule has 2 heterocycles. The SMILES string of the molecule is CCCOc1cn(-c2ccc(F)cc2)nc1C(=O)Nc1nnc(SC(C)C)s1. The molecule has 0 aliphatic carbocycles. The van der Waals surface area contributed by atoms with Crippen LogP contribution in [0.15, 0.2) is 34.8 Å². The van der Waals surface area contributed by atoms with Crippen molar-refractivity contribution in [2.24, 2.45) is 0 Å². The maximum Gasteiger partial charge on any atom is 0.281 e. The van der Waals surface area contributed by atoms with E-state index in [4.69, 9.17) is 4.74 Å². The molecule has 7 nitrogen and oxygen atoms in total. The van der Waals surface area contributed by atoms with E-state index in [0.29, 0.717) is 28.4 Å². The molecule has 28 heavy (non-hydrogen) atoms. The number of hydrogen-bond donors (Lipinski definition) is 1. The Hall–Kier alpha value is -2.46. The number of hydrogen-bond acceptors (Lipinski definition) is 7. The zero-order chi connectivity index (χ0) is 20.1. The lowest BCUT2D eigenvalue weighted by atomic mass is 10.3. The van der Waals surface area contributed by atoms with Gasteiger partial charge < -0.3 is 4.74 Å². The Bertz CT molecular complexity index is 940. The number of carbonyl (C=O) groups is 1. The van der Waals surface area contributed by atoms with Crippen molar-refractivity contribution < 1.29 is 13.9 Å². The van der Waals surface area contributed by atoms with E-state index in [0.717, 1.165) is 10.8 Å². The van der Waals surface area contributed by atoms with E-state index in [1.165, 1.54) is 28.2 Å². The van der Waals surface area contributed by atoms with Crippen LogP contribution in [0, 0.1) is 5.82 Å². The first-order valence-electron chi connectivity index (χ1n) is 8.76. The monoisotopic (exact) mass is 421 g/mol. The molecular weight excluding hydrogens is 401 g/mol. The summed E-state index contributed by atoms with van der Waals surface area (Å²) >= 11 is 2.88. The predicted octanol–water partition coefficient (Wildman–Crippen LogP) is 4.40. The van der Waals surface area contributed by atoms with Gasteiger partial charge in [-0.15, -0.1) is 10.2 Å². The molecule has 0 unspecified atom stereocenters. The third-order valence-corrected chi connectivity index (χ3v) is 5.34. The number of ether oxygens (including phenoxy) is 1. The maximum absolute atomic E-state index is 13.2. The molecule has 1 aromatic carbocycles. The highest BCUT2D eigenvalue weighted by Crippen LogP contribution is 2.29. The Morgan fingerprint density at radius 1 is 1.32 bits per heavy atom. The largest absolute Gasteiger partial charge is 0.489 e. The van der Waals surface area contributed by atoms with Crippen molar-refractivity contribution >= 4 is 34.1 Å². The average Bonchev–Trinajstić information content (AvgIpc) is 3.27. The molecular formula is C18H20FN5O2S2. The quantitative estimate of drug-likeness (QED) is 0.429. The zero-order valence-corrected chi connectivity index (χ0v) is 17.3.